The lowest BCUT2D eigenvalue weighted by Crippen LogP contribution is -2.55. The average molecular weight is 627 g/mol. The fourth-order valence-corrected chi connectivity index (χ4v) is 7.79. The van der Waals surface area contributed by atoms with Gasteiger partial charge in [-0.3, -0.25) is 14.4 Å². The molecule has 6 rings (SSSR count). The van der Waals surface area contributed by atoms with E-state index in [1.807, 2.05) is 78.9 Å². The summed E-state index contributed by atoms with van der Waals surface area (Å²) < 4.78 is 6.82. The predicted molar refractivity (Wildman–Crippen MR) is 178 cm³/mol. The van der Waals surface area contributed by atoms with E-state index in [1.165, 1.54) is 0 Å². The van der Waals surface area contributed by atoms with Gasteiger partial charge in [-0.1, -0.05) is 67.5 Å². The molecule has 5 atom stereocenters. The smallest absolute Gasteiger partial charge is 0.253 e. The van der Waals surface area contributed by atoms with Gasteiger partial charge < -0.3 is 29.4 Å². The number of aliphatic hydroxyl groups excluding tert-OH is 1. The van der Waals surface area contributed by atoms with Gasteiger partial charge in [0.25, 0.3) is 5.91 Å². The number of anilines is 2. The van der Waals surface area contributed by atoms with E-state index in [9.17, 15) is 19.5 Å². The van der Waals surface area contributed by atoms with Crippen LogP contribution in [-0.4, -0.2) is 89.7 Å². The Labute approximate surface area is 272 Å². The quantitative estimate of drug-likeness (QED) is 0.281. The molecule has 1 N–H and O–H groups in total. The van der Waals surface area contributed by atoms with Crippen LogP contribution in [0.2, 0.25) is 0 Å². The van der Waals surface area contributed by atoms with Gasteiger partial charge in [-0.2, -0.15) is 0 Å². The number of carbonyl (C=O) groups excluding carboxylic acids is 3. The number of carbonyl (C=O) groups is 3. The lowest BCUT2D eigenvalue weighted by molar-refractivity contribution is -0.144. The predicted octanol–water partition coefficient (Wildman–Crippen LogP) is 4.17. The van der Waals surface area contributed by atoms with Crippen molar-refractivity contribution in [1.82, 2.24) is 9.80 Å². The van der Waals surface area contributed by atoms with Gasteiger partial charge in [0.1, 0.15) is 11.6 Å². The first kappa shape index (κ1) is 32.0. The van der Waals surface area contributed by atoms with Crippen molar-refractivity contribution in [2.24, 2.45) is 11.8 Å². The summed E-state index contributed by atoms with van der Waals surface area (Å²) in [4.78, 5) is 51.0. The molecule has 4 heterocycles. The standard InChI is InChI=1S/C37H46N4O5/c1-3-38(4-2)28-17-19-29(20-18-28)40-24-13-21-37-32(35(44)41(33(37)36(40)45)23-10-5-6-11-25-42)31-30(46-37)16-12-22-39(34(31)43)26-27-14-8-7-9-15-27/h7-9,12-21,30-33,42H,3-6,10-11,22-26H2,1-2H3/t30-,31+,32-,33?,37-/m0/s1. The van der Waals surface area contributed by atoms with Gasteiger partial charge >= 0.3 is 0 Å². The molecule has 2 fully saturated rings. The molecule has 1 unspecified atom stereocenters. The number of likely N-dealkylation sites (tertiary alicyclic amines) is 1. The lowest BCUT2D eigenvalue weighted by Gasteiger charge is -2.35. The van der Waals surface area contributed by atoms with Crippen molar-refractivity contribution in [3.63, 3.8) is 0 Å². The molecule has 0 aliphatic carbocycles. The van der Waals surface area contributed by atoms with E-state index >= 15 is 0 Å². The maximum Gasteiger partial charge on any atom is 0.253 e. The Bertz CT molecular complexity index is 1460. The molecule has 0 radical (unpaired) electrons. The van der Waals surface area contributed by atoms with Crippen LogP contribution in [0.3, 0.4) is 0 Å². The molecule has 1 spiro atoms. The molecule has 0 aromatic heterocycles. The van der Waals surface area contributed by atoms with Crippen LogP contribution in [-0.2, 0) is 25.7 Å². The SMILES string of the molecule is CCN(CC)c1ccc(N2CC=C[C@]34O[C@H]5C=CCN(Cc6ccccc6)C(=O)[C@H]5[C@H]3C(=O)N(CCCCCCO)C4C2=O)cc1. The third kappa shape index (κ3) is 5.75. The zero-order chi connectivity index (χ0) is 32.3. The zero-order valence-corrected chi connectivity index (χ0v) is 27.0. The molecule has 244 valence electrons. The molecule has 0 bridgehead atoms. The summed E-state index contributed by atoms with van der Waals surface area (Å²) in [6, 6.07) is 17.0. The monoisotopic (exact) mass is 626 g/mol. The van der Waals surface area contributed by atoms with Crippen molar-refractivity contribution in [3.05, 3.63) is 84.5 Å². The molecule has 0 saturated carbocycles. The maximum absolute atomic E-state index is 14.7. The van der Waals surface area contributed by atoms with Gasteiger partial charge in [0.05, 0.1) is 17.9 Å². The number of unbranched alkanes of at least 4 members (excludes halogenated alkanes) is 3. The van der Waals surface area contributed by atoms with Crippen LogP contribution in [0.25, 0.3) is 0 Å². The Kier molecular flexibility index (Phi) is 9.61. The van der Waals surface area contributed by atoms with E-state index in [1.54, 1.807) is 14.7 Å². The second kappa shape index (κ2) is 13.8. The van der Waals surface area contributed by atoms with E-state index in [2.05, 4.69) is 18.7 Å². The van der Waals surface area contributed by atoms with Crippen molar-refractivity contribution in [2.75, 3.05) is 49.1 Å². The fraction of sp³-hybridized carbons (Fsp3) is 0.486. The largest absolute Gasteiger partial charge is 0.396 e. The highest BCUT2D eigenvalue weighted by molar-refractivity contribution is 6.05. The van der Waals surface area contributed by atoms with Crippen molar-refractivity contribution >= 4 is 29.1 Å². The Hall–Kier alpha value is -3.95. The number of aliphatic hydroxyl groups is 1. The molecule has 2 aromatic rings. The summed E-state index contributed by atoms with van der Waals surface area (Å²) in [5.41, 5.74) is 1.62. The van der Waals surface area contributed by atoms with Crippen LogP contribution in [0.15, 0.2) is 78.9 Å². The van der Waals surface area contributed by atoms with Crippen LogP contribution >= 0.6 is 0 Å². The van der Waals surface area contributed by atoms with Crippen molar-refractivity contribution in [3.8, 4) is 0 Å². The van der Waals surface area contributed by atoms with Crippen LogP contribution in [0.4, 0.5) is 11.4 Å². The molecule has 3 amide bonds. The first-order chi connectivity index (χ1) is 22.4. The summed E-state index contributed by atoms with van der Waals surface area (Å²) in [6.45, 7) is 7.74. The number of fused-ring (bicyclic) bond motifs is 2. The van der Waals surface area contributed by atoms with Gasteiger partial charge in [-0.05, 0) is 56.5 Å². The first-order valence-corrected chi connectivity index (χ1v) is 16.9. The molecule has 2 aromatic carbocycles. The topological polar surface area (TPSA) is 93.6 Å². The Morgan fingerprint density at radius 1 is 0.870 bits per heavy atom. The molecular weight excluding hydrogens is 580 g/mol. The van der Waals surface area contributed by atoms with Crippen LogP contribution in [0.1, 0.15) is 45.1 Å². The van der Waals surface area contributed by atoms with E-state index in [0.717, 1.165) is 42.9 Å². The molecule has 4 aliphatic heterocycles. The van der Waals surface area contributed by atoms with Crippen LogP contribution < -0.4 is 9.80 Å². The molecule has 46 heavy (non-hydrogen) atoms. The van der Waals surface area contributed by atoms with Gasteiger partial charge in [0.2, 0.25) is 11.8 Å². The summed E-state index contributed by atoms with van der Waals surface area (Å²) in [7, 11) is 0. The van der Waals surface area contributed by atoms with Crippen molar-refractivity contribution in [1.29, 1.82) is 0 Å². The number of hydrogen-bond acceptors (Lipinski definition) is 6. The molecule has 9 heteroatoms. The van der Waals surface area contributed by atoms with E-state index in [4.69, 9.17) is 4.74 Å². The number of ether oxygens (including phenoxy) is 1. The van der Waals surface area contributed by atoms with E-state index in [-0.39, 0.29) is 24.3 Å². The molecular formula is C37H46N4O5. The van der Waals surface area contributed by atoms with Gasteiger partial charge in [-0.25, -0.2) is 0 Å². The van der Waals surface area contributed by atoms with Crippen LogP contribution in [0.5, 0.6) is 0 Å². The van der Waals surface area contributed by atoms with Gasteiger partial charge in [0, 0.05) is 57.3 Å². The summed E-state index contributed by atoms with van der Waals surface area (Å²) in [5, 5.41) is 9.25. The highest BCUT2D eigenvalue weighted by Gasteiger charge is 2.71. The molecule has 2 saturated heterocycles. The highest BCUT2D eigenvalue weighted by Crippen LogP contribution is 2.53. The second-order valence-corrected chi connectivity index (χ2v) is 12.7. The van der Waals surface area contributed by atoms with Crippen molar-refractivity contribution in [2.45, 2.75) is 63.8 Å². The van der Waals surface area contributed by atoms with Gasteiger partial charge in [0.15, 0.2) is 0 Å². The normalized spacial score (nSPS) is 27.0. The minimum absolute atomic E-state index is 0.119. The lowest BCUT2D eigenvalue weighted by atomic mass is 9.77. The Morgan fingerprint density at radius 3 is 2.33 bits per heavy atom. The molecule has 9 nitrogen and oxygen atoms in total. The van der Waals surface area contributed by atoms with Crippen molar-refractivity contribution < 1.29 is 24.2 Å². The average Bonchev–Trinajstić information content (AvgIpc) is 3.39. The van der Waals surface area contributed by atoms with E-state index < -0.39 is 29.6 Å². The van der Waals surface area contributed by atoms with E-state index in [0.29, 0.717) is 39.0 Å². The minimum Gasteiger partial charge on any atom is -0.396 e. The maximum atomic E-state index is 14.7. The van der Waals surface area contributed by atoms with Gasteiger partial charge in [-0.15, -0.1) is 0 Å². The molecule has 4 aliphatic rings. The summed E-state index contributed by atoms with van der Waals surface area (Å²) in [5.74, 6) is -2.04. The summed E-state index contributed by atoms with van der Waals surface area (Å²) in [6.07, 6.45) is 10.2. The highest BCUT2D eigenvalue weighted by atomic mass is 16.5. The Balaban J connectivity index is 1.34. The third-order valence-corrected chi connectivity index (χ3v) is 10.1. The zero-order valence-electron chi connectivity index (χ0n) is 27.0. The third-order valence-electron chi connectivity index (χ3n) is 10.1. The number of amides is 3. The number of rotatable bonds is 12. The summed E-state index contributed by atoms with van der Waals surface area (Å²) >= 11 is 0. The fourth-order valence-electron chi connectivity index (χ4n) is 7.79. The second-order valence-electron chi connectivity index (χ2n) is 12.7. The first-order valence-electron chi connectivity index (χ1n) is 16.9. The van der Waals surface area contributed by atoms with Crippen LogP contribution in [0, 0.1) is 11.8 Å². The Morgan fingerprint density at radius 2 is 1.61 bits per heavy atom. The minimum atomic E-state index is -1.25. The number of nitrogens with zero attached hydrogens (tertiary/aromatic N) is 4. The number of benzene rings is 2. The number of hydrogen-bond donors (Lipinski definition) is 1.